The van der Waals surface area contributed by atoms with Crippen LogP contribution in [0.25, 0.3) is 0 Å². The summed E-state index contributed by atoms with van der Waals surface area (Å²) in [5.74, 6) is 2.07. The zero-order chi connectivity index (χ0) is 47.7. The van der Waals surface area contributed by atoms with E-state index in [9.17, 15) is 0 Å². The molecule has 0 heterocycles. The Hall–Kier alpha value is -4.08. The van der Waals surface area contributed by atoms with Gasteiger partial charge in [0.1, 0.15) is 17.2 Å². The van der Waals surface area contributed by atoms with E-state index in [-0.39, 0.29) is 0 Å². The van der Waals surface area contributed by atoms with Crippen molar-refractivity contribution in [2.45, 2.75) is 132 Å². The molecule has 0 aliphatic rings. The van der Waals surface area contributed by atoms with Gasteiger partial charge < -0.3 is 56.8 Å². The lowest BCUT2D eigenvalue weighted by Crippen LogP contribution is -2.28. The average molecular weight is 905 g/mol. The van der Waals surface area contributed by atoms with Crippen LogP contribution in [0.1, 0.15) is 124 Å². The first-order chi connectivity index (χ1) is 31.2. The molecule has 0 saturated heterocycles. The number of benzene rings is 4. The summed E-state index contributed by atoms with van der Waals surface area (Å²) >= 11 is 0. The minimum absolute atomic E-state index is 0.304. The second-order valence-electron chi connectivity index (χ2n) is 16.7. The van der Waals surface area contributed by atoms with Crippen LogP contribution >= 0.6 is 0 Å². The van der Waals surface area contributed by atoms with Crippen molar-refractivity contribution in [3.8, 4) is 17.2 Å². The number of methoxy groups -OCH3 is 6. The maximum atomic E-state index is 6.48. The van der Waals surface area contributed by atoms with Gasteiger partial charge in [-0.3, -0.25) is 0 Å². The minimum atomic E-state index is -0.764. The van der Waals surface area contributed by atoms with E-state index >= 15 is 0 Å². The van der Waals surface area contributed by atoms with Gasteiger partial charge in [-0.25, -0.2) is 0 Å². The highest BCUT2D eigenvalue weighted by molar-refractivity contribution is 5.59. The number of hydrogen-bond donors (Lipinski definition) is 0. The van der Waals surface area contributed by atoms with Crippen LogP contribution in [-0.4, -0.2) is 81.3 Å². The molecule has 0 spiro atoms. The van der Waals surface area contributed by atoms with Crippen molar-refractivity contribution in [3.63, 3.8) is 0 Å². The fraction of sp³-hybridized carbons (Fsp3) is 0.547. The molecule has 65 heavy (non-hydrogen) atoms. The summed E-state index contributed by atoms with van der Waals surface area (Å²) in [7, 11) is 10.1. The Morgan fingerprint density at radius 3 is 0.862 bits per heavy atom. The third-order valence-electron chi connectivity index (χ3n) is 11.6. The SMILES string of the molecule is CCOC(C)Oc1c(COC)cc(C(C)(C)c2ccc(C(C)(c3cc(COC)c(OC(C)OCC)c(COC)c3)c3cc(COC)c(OC(C)OCC)c(COC)c3)cc2)cc1COC. The van der Waals surface area contributed by atoms with Gasteiger partial charge in [-0.1, -0.05) is 38.1 Å². The van der Waals surface area contributed by atoms with E-state index < -0.39 is 29.7 Å². The smallest absolute Gasteiger partial charge is 0.196 e. The summed E-state index contributed by atoms with van der Waals surface area (Å²) in [6, 6.07) is 21.9. The minimum Gasteiger partial charge on any atom is -0.465 e. The number of rotatable bonds is 29. The van der Waals surface area contributed by atoms with E-state index in [1.165, 1.54) is 0 Å². The number of ether oxygens (including phenoxy) is 12. The largest absolute Gasteiger partial charge is 0.465 e. The second kappa shape index (κ2) is 25.7. The van der Waals surface area contributed by atoms with Gasteiger partial charge in [-0.15, -0.1) is 0 Å². The first-order valence-electron chi connectivity index (χ1n) is 22.6. The lowest BCUT2D eigenvalue weighted by atomic mass is 9.68. The van der Waals surface area contributed by atoms with E-state index in [1.54, 1.807) is 42.7 Å². The van der Waals surface area contributed by atoms with Crippen molar-refractivity contribution in [1.82, 2.24) is 0 Å². The third-order valence-corrected chi connectivity index (χ3v) is 11.6. The summed E-state index contributed by atoms with van der Waals surface area (Å²) in [6.45, 7) is 21.7. The Kier molecular flexibility index (Phi) is 21.2. The molecular weight excluding hydrogens is 829 g/mol. The van der Waals surface area contributed by atoms with Crippen molar-refractivity contribution >= 4 is 0 Å². The van der Waals surface area contributed by atoms with Gasteiger partial charge in [0.25, 0.3) is 0 Å². The molecule has 12 heteroatoms. The molecule has 0 N–H and O–H groups in total. The van der Waals surface area contributed by atoms with Crippen LogP contribution in [0.5, 0.6) is 17.2 Å². The molecule has 0 aliphatic carbocycles. The average Bonchev–Trinajstić information content (AvgIpc) is 3.27. The first-order valence-corrected chi connectivity index (χ1v) is 22.6. The predicted octanol–water partition coefficient (Wildman–Crippen LogP) is 10.5. The molecule has 0 saturated carbocycles. The van der Waals surface area contributed by atoms with Crippen LogP contribution in [0.3, 0.4) is 0 Å². The fourth-order valence-corrected chi connectivity index (χ4v) is 8.42. The van der Waals surface area contributed by atoms with E-state index in [2.05, 4.69) is 81.4 Å². The first kappa shape index (κ1) is 53.5. The van der Waals surface area contributed by atoms with Crippen LogP contribution in [0.4, 0.5) is 0 Å². The number of hydrogen-bond acceptors (Lipinski definition) is 12. The highest BCUT2D eigenvalue weighted by Crippen LogP contribution is 2.46. The Bertz CT molecular complexity index is 1900. The van der Waals surface area contributed by atoms with Crippen molar-refractivity contribution in [2.24, 2.45) is 0 Å². The summed E-state index contributed by atoms with van der Waals surface area (Å²) < 4.78 is 71.5. The van der Waals surface area contributed by atoms with Gasteiger partial charge in [0.2, 0.25) is 0 Å². The van der Waals surface area contributed by atoms with Gasteiger partial charge in [0.15, 0.2) is 18.9 Å². The topological polar surface area (TPSA) is 111 Å². The Labute approximate surface area is 389 Å². The molecule has 0 fully saturated rings. The molecule has 3 unspecified atom stereocenters. The fourth-order valence-electron chi connectivity index (χ4n) is 8.42. The van der Waals surface area contributed by atoms with E-state index in [4.69, 9.17) is 56.8 Å². The summed E-state index contributed by atoms with van der Waals surface area (Å²) in [5, 5.41) is 0. The summed E-state index contributed by atoms with van der Waals surface area (Å²) in [5.41, 5.74) is 9.40. The van der Waals surface area contributed by atoms with Crippen LogP contribution in [0, 0.1) is 0 Å². The Morgan fingerprint density at radius 2 is 0.615 bits per heavy atom. The predicted molar refractivity (Wildman–Crippen MR) is 253 cm³/mol. The van der Waals surface area contributed by atoms with Gasteiger partial charge in [-0.05, 0) is 113 Å². The molecule has 0 bridgehead atoms. The molecule has 3 atom stereocenters. The van der Waals surface area contributed by atoms with Gasteiger partial charge in [-0.2, -0.15) is 0 Å². The molecule has 0 aliphatic heterocycles. The van der Waals surface area contributed by atoms with Crippen molar-refractivity contribution in [3.05, 3.63) is 122 Å². The lowest BCUT2D eigenvalue weighted by Gasteiger charge is -2.36. The molecule has 0 radical (unpaired) electrons. The van der Waals surface area contributed by atoms with E-state index in [0.717, 1.165) is 61.2 Å². The molecule has 360 valence electrons. The normalized spacial score (nSPS) is 14.2. The van der Waals surface area contributed by atoms with Crippen molar-refractivity contribution < 1.29 is 56.8 Å². The van der Waals surface area contributed by atoms with E-state index in [0.29, 0.717) is 76.7 Å². The molecule has 4 aromatic carbocycles. The monoisotopic (exact) mass is 905 g/mol. The summed E-state index contributed by atoms with van der Waals surface area (Å²) in [4.78, 5) is 0. The maximum Gasteiger partial charge on any atom is 0.196 e. The zero-order valence-corrected chi connectivity index (χ0v) is 41.8. The Balaban J connectivity index is 2.04. The van der Waals surface area contributed by atoms with Crippen molar-refractivity contribution in [1.29, 1.82) is 0 Å². The lowest BCUT2D eigenvalue weighted by molar-refractivity contribution is -0.0637. The molecular formula is C53H76O12. The van der Waals surface area contributed by atoms with Crippen LogP contribution < -0.4 is 14.2 Å². The van der Waals surface area contributed by atoms with E-state index in [1.807, 2.05) is 41.5 Å². The van der Waals surface area contributed by atoms with Crippen LogP contribution in [0.15, 0.2) is 60.7 Å². The van der Waals surface area contributed by atoms with Gasteiger partial charge in [0, 0.05) is 107 Å². The zero-order valence-electron chi connectivity index (χ0n) is 41.8. The quantitative estimate of drug-likeness (QED) is 0.0382. The van der Waals surface area contributed by atoms with Crippen LogP contribution in [-0.2, 0) is 93.1 Å². The van der Waals surface area contributed by atoms with Gasteiger partial charge in [0.05, 0.1) is 39.6 Å². The highest BCUT2D eigenvalue weighted by Gasteiger charge is 2.36. The summed E-state index contributed by atoms with van der Waals surface area (Å²) in [6.07, 6.45) is -1.42. The van der Waals surface area contributed by atoms with Crippen molar-refractivity contribution in [2.75, 3.05) is 62.5 Å². The molecule has 4 rings (SSSR count). The van der Waals surface area contributed by atoms with Gasteiger partial charge >= 0.3 is 0 Å². The molecule has 0 amide bonds. The highest BCUT2D eigenvalue weighted by atomic mass is 16.7. The third kappa shape index (κ3) is 13.3. The molecule has 4 aromatic rings. The maximum absolute atomic E-state index is 6.48. The standard InChI is InChI=1S/C53H76O12/c1-16-60-35(4)63-49-38(29-54-10)23-46(24-39(49)30-55-11)52(7,8)44-19-21-45(22-20-44)53(9,47-25-40(31-56-12)50(41(26-47)32-57-13)64-36(5)61-17-2)48-27-42(33-58-14)51(43(28-48)34-59-15)65-37(6)62-18-3/h19-28,35-37H,16-18,29-34H2,1-15H3. The second-order valence-corrected chi connectivity index (χ2v) is 16.7. The Morgan fingerprint density at radius 1 is 0.369 bits per heavy atom. The van der Waals surface area contributed by atoms with Crippen LogP contribution in [0.2, 0.25) is 0 Å². The molecule has 12 nitrogen and oxygen atoms in total. The molecule has 0 aromatic heterocycles.